The molecule has 1 aliphatic rings. The highest BCUT2D eigenvalue weighted by Gasteiger charge is 2.46. The summed E-state index contributed by atoms with van der Waals surface area (Å²) in [5.41, 5.74) is 0.142. The van der Waals surface area contributed by atoms with Crippen molar-refractivity contribution in [2.24, 2.45) is 0 Å². The predicted molar refractivity (Wildman–Crippen MR) is 134 cm³/mol. The Kier molecular flexibility index (Phi) is 6.25. The fraction of sp³-hybridized carbons (Fsp3) is 0.370. The summed E-state index contributed by atoms with van der Waals surface area (Å²) in [4.78, 5) is 13.3. The second kappa shape index (κ2) is 9.16. The SMILES string of the molecule is COc1cc2c(oc(=O)c3cc(C(C)O)cc(OC)c32)c2c(C3OC(C(C)O)C(O)C3O)ccc(O)c12. The smallest absolute Gasteiger partial charge is 0.344 e. The monoisotopic (exact) mass is 512 g/mol. The van der Waals surface area contributed by atoms with Gasteiger partial charge in [-0.2, -0.15) is 0 Å². The Bertz CT molecular complexity index is 1570. The Morgan fingerprint density at radius 2 is 1.57 bits per heavy atom. The van der Waals surface area contributed by atoms with Crippen LogP contribution in [0.3, 0.4) is 0 Å². The molecule has 0 aliphatic carbocycles. The van der Waals surface area contributed by atoms with Crippen molar-refractivity contribution in [1.29, 1.82) is 0 Å². The maximum absolute atomic E-state index is 13.3. The molecule has 10 nitrogen and oxygen atoms in total. The summed E-state index contributed by atoms with van der Waals surface area (Å²) in [6.45, 7) is 3.01. The number of aliphatic hydroxyl groups excluding tert-OH is 4. The van der Waals surface area contributed by atoms with Crippen LogP contribution in [-0.2, 0) is 4.74 Å². The molecule has 1 saturated heterocycles. The summed E-state index contributed by atoms with van der Waals surface area (Å²) in [7, 11) is 2.86. The van der Waals surface area contributed by atoms with Crippen LogP contribution in [0.4, 0.5) is 0 Å². The van der Waals surface area contributed by atoms with Gasteiger partial charge in [0.1, 0.15) is 47.2 Å². The number of aliphatic hydroxyl groups is 4. The van der Waals surface area contributed by atoms with Gasteiger partial charge in [0.2, 0.25) is 0 Å². The van der Waals surface area contributed by atoms with E-state index in [2.05, 4.69) is 0 Å². The lowest BCUT2D eigenvalue weighted by Gasteiger charge is -2.21. The number of hydrogen-bond donors (Lipinski definition) is 5. The van der Waals surface area contributed by atoms with Gasteiger partial charge >= 0.3 is 5.63 Å². The number of hydrogen-bond acceptors (Lipinski definition) is 10. The minimum absolute atomic E-state index is 0.0769. The number of phenolic OH excluding ortho intramolecular Hbond substituents is 1. The van der Waals surface area contributed by atoms with Crippen LogP contribution in [0.25, 0.3) is 32.5 Å². The summed E-state index contributed by atoms with van der Waals surface area (Å²) in [6.07, 6.45) is -6.90. The van der Waals surface area contributed by atoms with Crippen LogP contribution in [0.5, 0.6) is 17.2 Å². The van der Waals surface area contributed by atoms with Crippen molar-refractivity contribution in [3.8, 4) is 17.2 Å². The molecule has 4 aromatic rings. The lowest BCUT2D eigenvalue weighted by Crippen LogP contribution is -2.36. The Morgan fingerprint density at radius 1 is 0.892 bits per heavy atom. The number of ether oxygens (including phenoxy) is 3. The van der Waals surface area contributed by atoms with E-state index in [1.54, 1.807) is 19.1 Å². The van der Waals surface area contributed by atoms with Crippen LogP contribution in [0, 0.1) is 0 Å². The maximum atomic E-state index is 13.3. The van der Waals surface area contributed by atoms with Crippen molar-refractivity contribution < 1.29 is 44.2 Å². The van der Waals surface area contributed by atoms with Gasteiger partial charge in [-0.05, 0) is 49.2 Å². The summed E-state index contributed by atoms with van der Waals surface area (Å²) in [5.74, 6) is 0.395. The number of phenols is 1. The van der Waals surface area contributed by atoms with Gasteiger partial charge in [-0.15, -0.1) is 0 Å². The van der Waals surface area contributed by atoms with E-state index in [1.165, 1.54) is 39.3 Å². The molecule has 196 valence electrons. The zero-order valence-electron chi connectivity index (χ0n) is 20.6. The topological polar surface area (TPSA) is 159 Å². The summed E-state index contributed by atoms with van der Waals surface area (Å²) >= 11 is 0. The molecule has 0 radical (unpaired) electrons. The van der Waals surface area contributed by atoms with Gasteiger partial charge in [-0.1, -0.05) is 6.07 Å². The molecule has 1 aliphatic heterocycles. The first-order valence-electron chi connectivity index (χ1n) is 11.8. The molecule has 1 fully saturated rings. The normalized spacial score (nSPS) is 23.6. The zero-order valence-corrected chi connectivity index (χ0v) is 20.6. The van der Waals surface area contributed by atoms with Gasteiger partial charge in [-0.3, -0.25) is 0 Å². The third kappa shape index (κ3) is 3.80. The van der Waals surface area contributed by atoms with Crippen LogP contribution in [0.15, 0.2) is 39.5 Å². The molecule has 0 bridgehead atoms. The molecule has 2 heterocycles. The molecular formula is C27H28O10. The van der Waals surface area contributed by atoms with E-state index in [1.807, 2.05) is 0 Å². The largest absolute Gasteiger partial charge is 0.507 e. The third-order valence-electron chi connectivity index (χ3n) is 7.02. The van der Waals surface area contributed by atoms with E-state index in [0.29, 0.717) is 27.6 Å². The molecule has 0 saturated carbocycles. The molecule has 37 heavy (non-hydrogen) atoms. The fourth-order valence-corrected chi connectivity index (χ4v) is 5.18. The summed E-state index contributed by atoms with van der Waals surface area (Å²) in [5, 5.41) is 53.7. The minimum Gasteiger partial charge on any atom is -0.507 e. The average molecular weight is 513 g/mol. The predicted octanol–water partition coefficient (Wildman–Crippen LogP) is 2.42. The van der Waals surface area contributed by atoms with Crippen LogP contribution in [-0.4, -0.2) is 64.2 Å². The van der Waals surface area contributed by atoms with Crippen molar-refractivity contribution in [3.05, 3.63) is 51.9 Å². The Morgan fingerprint density at radius 3 is 2.16 bits per heavy atom. The molecular weight excluding hydrogens is 484 g/mol. The third-order valence-corrected chi connectivity index (χ3v) is 7.02. The highest BCUT2D eigenvalue weighted by molar-refractivity contribution is 6.19. The second-order valence-electron chi connectivity index (χ2n) is 9.33. The van der Waals surface area contributed by atoms with Gasteiger partial charge < -0.3 is 44.2 Å². The van der Waals surface area contributed by atoms with Crippen molar-refractivity contribution in [3.63, 3.8) is 0 Å². The van der Waals surface area contributed by atoms with E-state index < -0.39 is 42.2 Å². The zero-order chi connectivity index (χ0) is 26.8. The van der Waals surface area contributed by atoms with E-state index >= 15 is 0 Å². The van der Waals surface area contributed by atoms with Crippen molar-refractivity contribution >= 4 is 32.5 Å². The van der Waals surface area contributed by atoms with Crippen molar-refractivity contribution in [2.45, 2.75) is 50.5 Å². The Labute approximate surface area is 210 Å². The number of fused-ring (bicyclic) bond motifs is 5. The number of aromatic hydroxyl groups is 1. The highest BCUT2D eigenvalue weighted by Crippen LogP contribution is 2.47. The molecule has 6 unspecified atom stereocenters. The van der Waals surface area contributed by atoms with Gasteiger partial charge in [0.05, 0.1) is 37.2 Å². The van der Waals surface area contributed by atoms with Gasteiger partial charge in [0.25, 0.3) is 0 Å². The molecule has 0 amide bonds. The molecule has 1 aromatic heterocycles. The molecule has 6 atom stereocenters. The number of benzene rings is 3. The first-order chi connectivity index (χ1) is 17.6. The fourth-order valence-electron chi connectivity index (χ4n) is 5.18. The highest BCUT2D eigenvalue weighted by atomic mass is 16.6. The van der Waals surface area contributed by atoms with E-state index in [0.717, 1.165) is 0 Å². The lowest BCUT2D eigenvalue weighted by atomic mass is 9.92. The number of methoxy groups -OCH3 is 2. The van der Waals surface area contributed by atoms with Crippen LogP contribution < -0.4 is 15.1 Å². The first kappa shape index (κ1) is 25.2. The molecule has 3 aromatic carbocycles. The van der Waals surface area contributed by atoms with E-state index in [9.17, 15) is 30.3 Å². The van der Waals surface area contributed by atoms with Crippen LogP contribution in [0.2, 0.25) is 0 Å². The first-order valence-corrected chi connectivity index (χ1v) is 11.8. The standard InChI is InChI=1S/C27H28O10/c1-10(28)12-7-15-19(17(8-12)34-3)14-9-18(35-4)21-16(30)6-5-13(20(21)25(14)37-27(15)33)26-23(32)22(31)24(36-26)11(2)29/h5-11,22-24,26,28-32H,1-4H3. The molecule has 0 spiro atoms. The second-order valence-corrected chi connectivity index (χ2v) is 9.33. The average Bonchev–Trinajstić information content (AvgIpc) is 3.17. The number of rotatable bonds is 5. The Balaban J connectivity index is 1.94. The van der Waals surface area contributed by atoms with E-state index in [4.69, 9.17) is 18.6 Å². The minimum atomic E-state index is -1.41. The Hall–Kier alpha value is -3.41. The van der Waals surface area contributed by atoms with Gasteiger partial charge in [0, 0.05) is 16.2 Å². The van der Waals surface area contributed by atoms with Crippen molar-refractivity contribution in [2.75, 3.05) is 14.2 Å². The van der Waals surface area contributed by atoms with Crippen molar-refractivity contribution in [1.82, 2.24) is 0 Å². The summed E-state index contributed by atoms with van der Waals surface area (Å²) < 4.78 is 22.9. The molecule has 5 N–H and O–H groups in total. The van der Waals surface area contributed by atoms with Crippen LogP contribution in [0.1, 0.15) is 37.2 Å². The quantitative estimate of drug-likeness (QED) is 0.199. The lowest BCUT2D eigenvalue weighted by molar-refractivity contribution is -0.0586. The molecule has 10 heteroatoms. The maximum Gasteiger partial charge on any atom is 0.344 e. The van der Waals surface area contributed by atoms with Gasteiger partial charge in [0.15, 0.2) is 0 Å². The van der Waals surface area contributed by atoms with Crippen LogP contribution >= 0.6 is 0 Å². The summed E-state index contributed by atoms with van der Waals surface area (Å²) in [6, 6.07) is 7.65. The van der Waals surface area contributed by atoms with Gasteiger partial charge in [-0.25, -0.2) is 4.79 Å². The van der Waals surface area contributed by atoms with E-state index in [-0.39, 0.29) is 33.2 Å². The molecule has 5 rings (SSSR count).